The Bertz CT molecular complexity index is 563. The van der Waals surface area contributed by atoms with E-state index in [0.29, 0.717) is 11.7 Å². The van der Waals surface area contributed by atoms with Gasteiger partial charge in [-0.15, -0.1) is 0 Å². The highest BCUT2D eigenvalue weighted by Crippen LogP contribution is 2.29. The Kier molecular flexibility index (Phi) is 3.39. The van der Waals surface area contributed by atoms with Gasteiger partial charge in [-0.05, 0) is 31.2 Å². The molecule has 0 radical (unpaired) electrons. The van der Waals surface area contributed by atoms with Crippen LogP contribution in [-0.4, -0.2) is 17.5 Å². The number of nitrogens with zero attached hydrogens (tertiary/aromatic N) is 1. The summed E-state index contributed by atoms with van der Waals surface area (Å²) in [6.45, 7) is 5.96. The van der Waals surface area contributed by atoms with Gasteiger partial charge < -0.3 is 4.74 Å². The number of aromatic nitrogens is 1. The number of rotatable bonds is 4. The van der Waals surface area contributed by atoms with Gasteiger partial charge in [-0.3, -0.25) is 10.1 Å². The minimum atomic E-state index is -0.255. The molecule has 1 N–H and O–H groups in total. The second-order valence-electron chi connectivity index (χ2n) is 3.27. The molecule has 2 rings (SSSR count). The molecule has 5 heteroatoms. The van der Waals surface area contributed by atoms with E-state index >= 15 is 0 Å². The van der Waals surface area contributed by atoms with Crippen molar-refractivity contribution in [3.05, 3.63) is 30.9 Å². The minimum absolute atomic E-state index is 0.255. The third kappa shape index (κ3) is 2.62. The SMILES string of the molecule is C=CC(=O)Nc1nc2ccc(OCC)cc2s1. The van der Waals surface area contributed by atoms with Crippen LogP contribution in [0.1, 0.15) is 6.92 Å². The molecule has 0 aliphatic carbocycles. The summed E-state index contributed by atoms with van der Waals surface area (Å²) >= 11 is 1.41. The molecule has 0 spiro atoms. The number of nitrogens with one attached hydrogen (secondary N) is 1. The molecule has 4 nitrogen and oxygen atoms in total. The van der Waals surface area contributed by atoms with Gasteiger partial charge in [0.25, 0.3) is 0 Å². The average molecular weight is 248 g/mol. The molecule has 1 amide bonds. The van der Waals surface area contributed by atoms with Crippen molar-refractivity contribution in [2.45, 2.75) is 6.92 Å². The number of fused-ring (bicyclic) bond motifs is 1. The van der Waals surface area contributed by atoms with E-state index in [2.05, 4.69) is 16.9 Å². The maximum Gasteiger partial charge on any atom is 0.249 e. The first-order valence-corrected chi connectivity index (χ1v) is 6.01. The van der Waals surface area contributed by atoms with Crippen LogP contribution in [-0.2, 0) is 4.79 Å². The molecular formula is C12H12N2O2S. The number of hydrogen-bond donors (Lipinski definition) is 1. The van der Waals surface area contributed by atoms with Crippen LogP contribution in [0.3, 0.4) is 0 Å². The number of carbonyl (C=O) groups excluding carboxylic acids is 1. The fourth-order valence-electron chi connectivity index (χ4n) is 1.37. The molecule has 0 saturated heterocycles. The van der Waals surface area contributed by atoms with E-state index in [9.17, 15) is 4.79 Å². The molecule has 0 unspecified atom stereocenters. The summed E-state index contributed by atoms with van der Waals surface area (Å²) in [5.41, 5.74) is 0.845. The second-order valence-corrected chi connectivity index (χ2v) is 4.31. The maximum atomic E-state index is 11.1. The van der Waals surface area contributed by atoms with Crippen LogP contribution < -0.4 is 10.1 Å². The van der Waals surface area contributed by atoms with E-state index in [1.807, 2.05) is 25.1 Å². The number of hydrogen-bond acceptors (Lipinski definition) is 4. The zero-order valence-electron chi connectivity index (χ0n) is 9.40. The van der Waals surface area contributed by atoms with Gasteiger partial charge in [0.1, 0.15) is 5.75 Å². The van der Waals surface area contributed by atoms with Crippen LogP contribution in [0.2, 0.25) is 0 Å². The molecular weight excluding hydrogens is 236 g/mol. The number of ether oxygens (including phenoxy) is 1. The molecule has 0 atom stereocenters. The first kappa shape index (κ1) is 11.6. The quantitative estimate of drug-likeness (QED) is 0.846. The van der Waals surface area contributed by atoms with Crippen molar-refractivity contribution in [3.63, 3.8) is 0 Å². The molecule has 0 aliphatic rings. The number of benzene rings is 1. The van der Waals surface area contributed by atoms with Crippen molar-refractivity contribution in [3.8, 4) is 5.75 Å². The lowest BCUT2D eigenvalue weighted by Crippen LogP contribution is -2.06. The van der Waals surface area contributed by atoms with Crippen molar-refractivity contribution >= 4 is 32.6 Å². The van der Waals surface area contributed by atoms with Gasteiger partial charge in [0, 0.05) is 0 Å². The lowest BCUT2D eigenvalue weighted by Gasteiger charge is -2.00. The van der Waals surface area contributed by atoms with Gasteiger partial charge in [-0.25, -0.2) is 4.98 Å². The third-order valence-electron chi connectivity index (χ3n) is 2.09. The predicted molar refractivity (Wildman–Crippen MR) is 69.6 cm³/mol. The van der Waals surface area contributed by atoms with Gasteiger partial charge in [-0.1, -0.05) is 17.9 Å². The first-order chi connectivity index (χ1) is 8.22. The van der Waals surface area contributed by atoms with Crippen LogP contribution in [0.5, 0.6) is 5.75 Å². The van der Waals surface area contributed by atoms with E-state index in [-0.39, 0.29) is 5.91 Å². The van der Waals surface area contributed by atoms with E-state index in [1.165, 1.54) is 17.4 Å². The highest BCUT2D eigenvalue weighted by atomic mass is 32.1. The number of thiazole rings is 1. The minimum Gasteiger partial charge on any atom is -0.494 e. The van der Waals surface area contributed by atoms with Crippen molar-refractivity contribution in [2.24, 2.45) is 0 Å². The summed E-state index contributed by atoms with van der Waals surface area (Å²) in [7, 11) is 0. The van der Waals surface area contributed by atoms with Gasteiger partial charge in [0.05, 0.1) is 16.8 Å². The smallest absolute Gasteiger partial charge is 0.249 e. The maximum absolute atomic E-state index is 11.1. The summed E-state index contributed by atoms with van der Waals surface area (Å²) in [5.74, 6) is 0.555. The van der Waals surface area contributed by atoms with E-state index in [0.717, 1.165) is 16.0 Å². The van der Waals surface area contributed by atoms with Crippen molar-refractivity contribution < 1.29 is 9.53 Å². The fraction of sp³-hybridized carbons (Fsp3) is 0.167. The van der Waals surface area contributed by atoms with Crippen LogP contribution >= 0.6 is 11.3 Å². The number of anilines is 1. The molecule has 1 heterocycles. The highest BCUT2D eigenvalue weighted by molar-refractivity contribution is 7.22. The van der Waals surface area contributed by atoms with Gasteiger partial charge in [0.15, 0.2) is 5.13 Å². The van der Waals surface area contributed by atoms with Crippen LogP contribution in [0.4, 0.5) is 5.13 Å². The van der Waals surface area contributed by atoms with Crippen molar-refractivity contribution in [2.75, 3.05) is 11.9 Å². The Balaban J connectivity index is 2.30. The predicted octanol–water partition coefficient (Wildman–Crippen LogP) is 2.82. The van der Waals surface area contributed by atoms with E-state index < -0.39 is 0 Å². The van der Waals surface area contributed by atoms with Crippen LogP contribution in [0, 0.1) is 0 Å². The third-order valence-corrected chi connectivity index (χ3v) is 3.02. The number of carbonyl (C=O) groups is 1. The van der Waals surface area contributed by atoms with Crippen molar-refractivity contribution in [1.29, 1.82) is 0 Å². The normalized spacial score (nSPS) is 10.2. The highest BCUT2D eigenvalue weighted by Gasteiger charge is 2.06. The van der Waals surface area contributed by atoms with Gasteiger partial charge in [-0.2, -0.15) is 0 Å². The van der Waals surface area contributed by atoms with Crippen LogP contribution in [0.15, 0.2) is 30.9 Å². The molecule has 0 aliphatic heterocycles. The molecule has 88 valence electrons. The Morgan fingerprint density at radius 2 is 2.47 bits per heavy atom. The second kappa shape index (κ2) is 4.97. The molecule has 0 saturated carbocycles. The topological polar surface area (TPSA) is 51.2 Å². The summed E-state index contributed by atoms with van der Waals surface area (Å²) < 4.78 is 6.38. The average Bonchev–Trinajstić information content (AvgIpc) is 2.70. The summed E-state index contributed by atoms with van der Waals surface area (Å²) in [6.07, 6.45) is 1.22. The van der Waals surface area contributed by atoms with Gasteiger partial charge in [0.2, 0.25) is 5.91 Å². The van der Waals surface area contributed by atoms with Crippen LogP contribution in [0.25, 0.3) is 10.2 Å². The molecule has 1 aromatic heterocycles. The Morgan fingerprint density at radius 3 is 3.18 bits per heavy atom. The lowest BCUT2D eigenvalue weighted by molar-refractivity contribution is -0.111. The monoisotopic (exact) mass is 248 g/mol. The Morgan fingerprint density at radius 1 is 1.65 bits per heavy atom. The molecule has 0 fully saturated rings. The van der Waals surface area contributed by atoms with E-state index in [1.54, 1.807) is 0 Å². The summed E-state index contributed by atoms with van der Waals surface area (Å²) in [4.78, 5) is 15.4. The first-order valence-electron chi connectivity index (χ1n) is 5.19. The molecule has 1 aromatic carbocycles. The lowest BCUT2D eigenvalue weighted by atomic mass is 10.3. The Hall–Kier alpha value is -1.88. The zero-order chi connectivity index (χ0) is 12.3. The van der Waals surface area contributed by atoms with E-state index in [4.69, 9.17) is 4.74 Å². The van der Waals surface area contributed by atoms with Crippen molar-refractivity contribution in [1.82, 2.24) is 4.98 Å². The molecule has 2 aromatic rings. The fourth-order valence-corrected chi connectivity index (χ4v) is 2.27. The summed E-state index contributed by atoms with van der Waals surface area (Å²) in [6, 6.07) is 5.66. The van der Waals surface area contributed by atoms with Gasteiger partial charge >= 0.3 is 0 Å². The zero-order valence-corrected chi connectivity index (χ0v) is 10.2. The largest absolute Gasteiger partial charge is 0.494 e. The molecule has 0 bridgehead atoms. The summed E-state index contributed by atoms with van der Waals surface area (Å²) in [5, 5.41) is 3.21. The Labute approximate surface area is 103 Å². The molecule has 17 heavy (non-hydrogen) atoms. The number of amides is 1. The standard InChI is InChI=1S/C12H12N2O2S/c1-3-11(15)14-12-13-9-6-5-8(16-4-2)7-10(9)17-12/h3,5-7H,1,4H2,2H3,(H,13,14,15).